The average molecular weight is 583 g/mol. The van der Waals surface area contributed by atoms with Crippen molar-refractivity contribution >= 4 is 7.82 Å². The SMILES string of the molecule is C=C1C(=CC=C2CCC[C@]3(C)[C@@H]([C@H](C)CCCC(C)(C)O)CC[C@@H]23)C[C@@H](OP(=O)(O)OCC[N+](C)(C)C)C[C@@H]1O. The lowest BCUT2D eigenvalue weighted by Crippen LogP contribution is -2.37. The van der Waals surface area contributed by atoms with Gasteiger partial charge in [0.25, 0.3) is 0 Å². The molecule has 0 bridgehead atoms. The molecule has 0 amide bonds. The van der Waals surface area contributed by atoms with Gasteiger partial charge in [-0.2, -0.15) is 0 Å². The fraction of sp³-hybridized carbons (Fsp3) is 0.812. The maximum atomic E-state index is 12.6. The molecule has 0 aliphatic heterocycles. The number of hydrogen-bond donors (Lipinski definition) is 3. The van der Waals surface area contributed by atoms with E-state index in [2.05, 4.69) is 32.6 Å². The molecule has 8 heteroatoms. The van der Waals surface area contributed by atoms with E-state index in [-0.39, 0.29) is 18.4 Å². The van der Waals surface area contributed by atoms with Gasteiger partial charge in [0.15, 0.2) is 0 Å². The third-order valence-electron chi connectivity index (χ3n) is 9.72. The first-order valence-electron chi connectivity index (χ1n) is 15.4. The molecule has 0 saturated heterocycles. The third kappa shape index (κ3) is 9.36. The molecule has 230 valence electrons. The third-order valence-corrected chi connectivity index (χ3v) is 10.8. The number of aliphatic hydroxyl groups excluding tert-OH is 1. The van der Waals surface area contributed by atoms with Crippen LogP contribution in [0.5, 0.6) is 0 Å². The average Bonchev–Trinajstić information content (AvgIpc) is 3.15. The highest BCUT2D eigenvalue weighted by atomic mass is 31.2. The number of likely N-dealkylation sites (N-methyl/N-ethyl adjacent to an activating group) is 1. The molecule has 7 atom stereocenters. The molecule has 3 rings (SSSR count). The van der Waals surface area contributed by atoms with Crippen molar-refractivity contribution < 1.29 is 33.2 Å². The van der Waals surface area contributed by atoms with Crippen molar-refractivity contribution in [2.45, 2.75) is 110 Å². The number of aliphatic hydroxyl groups is 2. The van der Waals surface area contributed by atoms with Crippen LogP contribution in [-0.4, -0.2) is 71.7 Å². The van der Waals surface area contributed by atoms with E-state index in [1.54, 1.807) is 0 Å². The number of hydrogen-bond acceptors (Lipinski definition) is 5. The Morgan fingerprint density at radius 2 is 1.95 bits per heavy atom. The van der Waals surface area contributed by atoms with Crippen molar-refractivity contribution in [2.24, 2.45) is 23.2 Å². The van der Waals surface area contributed by atoms with Crippen LogP contribution in [0.25, 0.3) is 0 Å². The molecular weight excluding hydrogens is 525 g/mol. The molecule has 3 fully saturated rings. The van der Waals surface area contributed by atoms with E-state index >= 15 is 0 Å². The fourth-order valence-electron chi connectivity index (χ4n) is 7.45. The van der Waals surface area contributed by atoms with Crippen molar-refractivity contribution in [1.82, 2.24) is 0 Å². The summed E-state index contributed by atoms with van der Waals surface area (Å²) in [5.74, 6) is 1.89. The number of phosphoric acid groups is 1. The predicted octanol–water partition coefficient (Wildman–Crippen LogP) is 6.55. The summed E-state index contributed by atoms with van der Waals surface area (Å²) in [5.41, 5.74) is 2.72. The summed E-state index contributed by atoms with van der Waals surface area (Å²) in [6.07, 6.45) is 12.6. The van der Waals surface area contributed by atoms with E-state index in [1.165, 1.54) is 31.3 Å². The molecule has 3 N–H and O–H groups in total. The Hall–Kier alpha value is -0.790. The lowest BCUT2D eigenvalue weighted by molar-refractivity contribution is -0.870. The van der Waals surface area contributed by atoms with Crippen LogP contribution in [0.4, 0.5) is 0 Å². The van der Waals surface area contributed by atoms with Crippen molar-refractivity contribution in [3.05, 3.63) is 35.5 Å². The quantitative estimate of drug-likeness (QED) is 0.178. The van der Waals surface area contributed by atoms with Gasteiger partial charge in [0.05, 0.1) is 39.0 Å². The summed E-state index contributed by atoms with van der Waals surface area (Å²) in [5, 5.41) is 20.8. The monoisotopic (exact) mass is 582 g/mol. The van der Waals surface area contributed by atoms with Gasteiger partial charge in [-0.1, -0.05) is 51.0 Å². The highest BCUT2D eigenvalue weighted by Gasteiger charge is 2.50. The van der Waals surface area contributed by atoms with E-state index < -0.39 is 25.6 Å². The minimum atomic E-state index is -4.23. The van der Waals surface area contributed by atoms with Gasteiger partial charge in [-0.3, -0.25) is 9.05 Å². The number of rotatable bonds is 12. The maximum absolute atomic E-state index is 12.6. The first kappa shape index (κ1) is 33.7. The molecule has 3 saturated carbocycles. The molecule has 3 aliphatic carbocycles. The second kappa shape index (κ2) is 13.2. The number of quaternary nitrogens is 1. The van der Waals surface area contributed by atoms with Gasteiger partial charge < -0.3 is 19.6 Å². The smallest absolute Gasteiger partial charge is 0.390 e. The van der Waals surface area contributed by atoms with Gasteiger partial charge in [-0.25, -0.2) is 4.57 Å². The van der Waals surface area contributed by atoms with E-state index in [0.717, 1.165) is 31.3 Å². The number of allylic oxidation sites excluding steroid dienone is 3. The summed E-state index contributed by atoms with van der Waals surface area (Å²) in [6, 6.07) is 0. The first-order chi connectivity index (χ1) is 18.4. The molecule has 0 heterocycles. The molecule has 40 heavy (non-hydrogen) atoms. The lowest BCUT2D eigenvalue weighted by atomic mass is 9.60. The molecular formula is C32H57NO6P+. The topological polar surface area (TPSA) is 96.2 Å². The Labute approximate surface area is 243 Å². The molecule has 3 aliphatic rings. The standard InChI is InChI=1S/C32H56NO6P/c1-23(11-9-17-31(3,4)35)28-15-16-29-25(12-10-18-32(28,29)5)13-14-26-21-27(22-30(34)24(26)2)39-40(36,37)38-20-19-33(6,7)8/h13-14,23,27-30,34-35H,2,9-12,15-22H2,1,3-8H3/p+1/t23-,27-,28-,29+,30+,32-/m1/s1. The Morgan fingerprint density at radius 3 is 2.60 bits per heavy atom. The summed E-state index contributed by atoms with van der Waals surface area (Å²) in [6.45, 7) is 13.5. The minimum Gasteiger partial charge on any atom is -0.390 e. The van der Waals surface area contributed by atoms with Gasteiger partial charge in [0, 0.05) is 6.42 Å². The molecule has 0 aromatic carbocycles. The Balaban J connectivity index is 1.67. The second-order valence-electron chi connectivity index (χ2n) is 14.7. The highest BCUT2D eigenvalue weighted by Crippen LogP contribution is 2.60. The number of fused-ring (bicyclic) bond motifs is 1. The van der Waals surface area contributed by atoms with Crippen LogP contribution < -0.4 is 0 Å². The summed E-state index contributed by atoms with van der Waals surface area (Å²) < 4.78 is 23.9. The normalized spacial score (nSPS) is 34.2. The van der Waals surface area contributed by atoms with Crippen molar-refractivity contribution in [3.63, 3.8) is 0 Å². The Kier molecular flexibility index (Phi) is 11.2. The van der Waals surface area contributed by atoms with Gasteiger partial charge in [0.1, 0.15) is 13.2 Å². The zero-order valence-electron chi connectivity index (χ0n) is 26.2. The zero-order valence-corrected chi connectivity index (χ0v) is 27.1. The number of phosphoric ester groups is 1. The fourth-order valence-corrected chi connectivity index (χ4v) is 8.36. The second-order valence-corrected chi connectivity index (χ2v) is 16.1. The molecule has 0 radical (unpaired) electrons. The Morgan fingerprint density at radius 1 is 1.25 bits per heavy atom. The van der Waals surface area contributed by atoms with Gasteiger partial charge in [-0.15, -0.1) is 0 Å². The predicted molar refractivity (Wildman–Crippen MR) is 162 cm³/mol. The molecule has 1 unspecified atom stereocenters. The molecule has 7 nitrogen and oxygen atoms in total. The largest absolute Gasteiger partial charge is 0.472 e. The van der Waals surface area contributed by atoms with Crippen LogP contribution in [0.2, 0.25) is 0 Å². The Bertz CT molecular complexity index is 992. The van der Waals surface area contributed by atoms with E-state index in [4.69, 9.17) is 9.05 Å². The van der Waals surface area contributed by atoms with E-state index in [9.17, 15) is 19.7 Å². The first-order valence-corrected chi connectivity index (χ1v) is 16.9. The van der Waals surface area contributed by atoms with E-state index in [0.29, 0.717) is 40.8 Å². The molecule has 0 aromatic heterocycles. The van der Waals surface area contributed by atoms with Crippen LogP contribution in [0.15, 0.2) is 35.5 Å². The maximum Gasteiger partial charge on any atom is 0.472 e. The van der Waals surface area contributed by atoms with Crippen molar-refractivity contribution in [3.8, 4) is 0 Å². The van der Waals surface area contributed by atoms with Crippen LogP contribution in [0.1, 0.15) is 91.9 Å². The summed E-state index contributed by atoms with van der Waals surface area (Å²) in [4.78, 5) is 10.3. The zero-order chi connectivity index (χ0) is 29.9. The highest BCUT2D eigenvalue weighted by molar-refractivity contribution is 7.47. The van der Waals surface area contributed by atoms with Crippen LogP contribution in [0.3, 0.4) is 0 Å². The van der Waals surface area contributed by atoms with Crippen LogP contribution >= 0.6 is 7.82 Å². The lowest BCUT2D eigenvalue weighted by Gasteiger charge is -2.44. The molecule has 0 spiro atoms. The van der Waals surface area contributed by atoms with Crippen molar-refractivity contribution in [2.75, 3.05) is 34.3 Å². The van der Waals surface area contributed by atoms with Gasteiger partial charge in [0.2, 0.25) is 0 Å². The number of nitrogens with zero attached hydrogens (tertiary/aromatic N) is 1. The van der Waals surface area contributed by atoms with Crippen LogP contribution in [-0.2, 0) is 13.6 Å². The van der Waals surface area contributed by atoms with Gasteiger partial charge >= 0.3 is 7.82 Å². The minimum absolute atomic E-state index is 0.118. The van der Waals surface area contributed by atoms with E-state index in [1.807, 2.05) is 35.0 Å². The summed E-state index contributed by atoms with van der Waals surface area (Å²) in [7, 11) is 1.73. The van der Waals surface area contributed by atoms with Crippen LogP contribution in [0, 0.1) is 23.2 Å². The van der Waals surface area contributed by atoms with Crippen molar-refractivity contribution in [1.29, 1.82) is 0 Å². The summed E-state index contributed by atoms with van der Waals surface area (Å²) >= 11 is 0. The molecule has 0 aromatic rings. The van der Waals surface area contributed by atoms with Gasteiger partial charge in [-0.05, 0) is 93.1 Å².